The number of likely N-dealkylation sites (N-methyl/N-ethyl adjacent to an activating group) is 3. The summed E-state index contributed by atoms with van der Waals surface area (Å²) >= 11 is 1.47. The van der Waals surface area contributed by atoms with E-state index < -0.39 is 114 Å². The third-order valence-corrected chi connectivity index (χ3v) is 22.7. The number of carbonyl (C=O) groups excluding carboxylic acids is 12. The molecule has 0 saturated carbocycles. The molecule has 0 aliphatic carbocycles. The van der Waals surface area contributed by atoms with Crippen LogP contribution in [0.25, 0.3) is 0 Å². The molecule has 0 radical (unpaired) electrons. The molecule has 32 nitrogen and oxygen atoms in total. The van der Waals surface area contributed by atoms with Crippen LogP contribution >= 0.6 is 11.3 Å². The van der Waals surface area contributed by atoms with Crippen molar-refractivity contribution >= 4 is 88.1 Å². The van der Waals surface area contributed by atoms with Crippen molar-refractivity contribution in [3.05, 3.63) is 82.3 Å². The SMILES string of the molecule is CCCC[C@H](NC(=O)[C@@H](NC(=O)CCOCCOCCOCCOCCNC(=O)CCN1C(=O)CCC1=O)C(C)C)C(=O)Nc1ccc(C(OC(=O)N(C)[C@H](C(=O)N[C@H](C(=O)N(C)[C@@H]([C@@H](C)CC)[C@@H](CC(=O)N2CCC[C@H]2[C@H](OC)[C@@H](C)C(=O)N[C@@H](Cc2ccccc2)c2nccs2)OC)C(C)C)C(C)C)C(=O)N2CCN(C)CC2)cc1. The molecule has 4 heterocycles. The lowest BCUT2D eigenvalue weighted by molar-refractivity contribution is -0.148. The van der Waals surface area contributed by atoms with E-state index in [9.17, 15) is 52.7 Å². The van der Waals surface area contributed by atoms with Crippen molar-refractivity contribution in [2.75, 3.05) is 139 Å². The summed E-state index contributed by atoms with van der Waals surface area (Å²) in [6.45, 7) is 22.9. The molecule has 6 rings (SSSR count). The van der Waals surface area contributed by atoms with Crippen LogP contribution in [-0.4, -0.2) is 288 Å². The monoisotopic (exact) mass is 1660 g/mol. The minimum atomic E-state index is -1.51. The van der Waals surface area contributed by atoms with Gasteiger partial charge in [0.1, 0.15) is 29.2 Å². The van der Waals surface area contributed by atoms with Gasteiger partial charge in [-0.25, -0.2) is 9.78 Å². The maximum absolute atomic E-state index is 15.1. The number of hydrogen-bond acceptors (Lipinski definition) is 22. The molecule has 3 aliphatic rings. The second-order valence-corrected chi connectivity index (χ2v) is 32.4. The van der Waals surface area contributed by atoms with E-state index in [0.717, 1.165) is 20.4 Å². The number of ether oxygens (including phenoxy) is 7. The summed E-state index contributed by atoms with van der Waals surface area (Å²) in [5, 5.41) is 20.1. The van der Waals surface area contributed by atoms with Crippen LogP contribution < -0.4 is 31.9 Å². The largest absolute Gasteiger partial charge is 0.431 e. The smallest absolute Gasteiger partial charge is 0.411 e. The Morgan fingerprint density at radius 3 is 1.85 bits per heavy atom. The van der Waals surface area contributed by atoms with Gasteiger partial charge in [0.15, 0.2) is 0 Å². The van der Waals surface area contributed by atoms with E-state index >= 15 is 4.79 Å². The van der Waals surface area contributed by atoms with Crippen LogP contribution in [0.3, 0.4) is 0 Å². The van der Waals surface area contributed by atoms with Crippen LogP contribution in [-0.2, 0) is 92.3 Å². The van der Waals surface area contributed by atoms with Crippen molar-refractivity contribution in [2.45, 2.75) is 207 Å². The van der Waals surface area contributed by atoms with Gasteiger partial charge < -0.3 is 84.7 Å². The maximum Gasteiger partial charge on any atom is 0.411 e. The first-order chi connectivity index (χ1) is 55.9. The molecule has 3 fully saturated rings. The Hall–Kier alpha value is -8.57. The van der Waals surface area contributed by atoms with Crippen LogP contribution in [0, 0.1) is 29.6 Å². The Bertz CT molecular complexity index is 3610. The number of imide groups is 1. The second-order valence-electron chi connectivity index (χ2n) is 31.5. The minimum Gasteiger partial charge on any atom is -0.431 e. The highest BCUT2D eigenvalue weighted by molar-refractivity contribution is 7.09. The molecule has 33 heteroatoms. The zero-order valence-electron chi connectivity index (χ0n) is 71.4. The van der Waals surface area contributed by atoms with Crippen molar-refractivity contribution < 1.29 is 90.7 Å². The fourth-order valence-corrected chi connectivity index (χ4v) is 15.5. The molecular weight excluding hydrogens is 1530 g/mol. The Morgan fingerprint density at radius 2 is 1.27 bits per heavy atom. The number of nitrogens with one attached hydrogen (secondary N) is 6. The van der Waals surface area contributed by atoms with E-state index in [-0.39, 0.29) is 131 Å². The zero-order chi connectivity index (χ0) is 85.8. The van der Waals surface area contributed by atoms with Crippen molar-refractivity contribution in [1.29, 1.82) is 0 Å². The topological polar surface area (TPSA) is 374 Å². The van der Waals surface area contributed by atoms with Gasteiger partial charge in [-0.05, 0) is 74.1 Å². The molecule has 3 saturated heterocycles. The van der Waals surface area contributed by atoms with E-state index in [1.54, 1.807) is 101 Å². The van der Waals surface area contributed by atoms with Crippen molar-refractivity contribution in [1.82, 2.24) is 61.0 Å². The predicted octanol–water partition coefficient (Wildman–Crippen LogP) is 6.08. The molecule has 12 atom stereocenters. The molecule has 0 bridgehead atoms. The number of hydrogen-bond donors (Lipinski definition) is 6. The Labute approximate surface area is 694 Å². The Balaban J connectivity index is 1.02. The molecular formula is C84H131N13O19S. The van der Waals surface area contributed by atoms with E-state index in [2.05, 4.69) is 41.8 Å². The molecule has 3 aliphatic heterocycles. The number of unbranched alkanes of at least 4 members (excludes halogenated alkanes) is 1. The van der Waals surface area contributed by atoms with Crippen LogP contribution in [0.5, 0.6) is 0 Å². The van der Waals surface area contributed by atoms with Gasteiger partial charge in [0, 0.05) is 123 Å². The number of nitrogens with zero attached hydrogens (tertiary/aromatic N) is 7. The van der Waals surface area contributed by atoms with Gasteiger partial charge in [0.05, 0.1) is 95.5 Å². The highest BCUT2D eigenvalue weighted by Gasteiger charge is 2.45. The van der Waals surface area contributed by atoms with E-state index in [1.807, 2.05) is 70.5 Å². The summed E-state index contributed by atoms with van der Waals surface area (Å²) in [6, 6.07) is 10.3. The lowest BCUT2D eigenvalue weighted by atomic mass is 9.89. The maximum atomic E-state index is 15.1. The number of piperazine rings is 1. The highest BCUT2D eigenvalue weighted by Crippen LogP contribution is 2.32. The normalized spacial score (nSPS) is 17.4. The summed E-state index contributed by atoms with van der Waals surface area (Å²) in [4.78, 5) is 179. The quantitative estimate of drug-likeness (QED) is 0.0275. The Morgan fingerprint density at radius 1 is 0.650 bits per heavy atom. The van der Waals surface area contributed by atoms with Gasteiger partial charge >= 0.3 is 6.09 Å². The van der Waals surface area contributed by atoms with Crippen LogP contribution in [0.2, 0.25) is 0 Å². The first-order valence-electron chi connectivity index (χ1n) is 41.4. The summed E-state index contributed by atoms with van der Waals surface area (Å²) in [5.41, 5.74) is 1.62. The van der Waals surface area contributed by atoms with Crippen molar-refractivity contribution in [3.8, 4) is 0 Å². The fraction of sp³-hybridized carbons (Fsp3) is 0.679. The fourth-order valence-electron chi connectivity index (χ4n) is 14.8. The van der Waals surface area contributed by atoms with Gasteiger partial charge in [-0.3, -0.25) is 62.5 Å². The summed E-state index contributed by atoms with van der Waals surface area (Å²) in [5.74, 6) is -6.59. The number of amides is 12. The van der Waals surface area contributed by atoms with Crippen molar-refractivity contribution in [2.24, 2.45) is 29.6 Å². The number of likely N-dealkylation sites (tertiary alicyclic amines) is 2. The predicted molar refractivity (Wildman–Crippen MR) is 440 cm³/mol. The Kier molecular flexibility index (Phi) is 41.9. The molecule has 652 valence electrons. The van der Waals surface area contributed by atoms with Gasteiger partial charge in [0.2, 0.25) is 65.2 Å². The third-order valence-electron chi connectivity index (χ3n) is 21.8. The third kappa shape index (κ3) is 30.3. The summed E-state index contributed by atoms with van der Waals surface area (Å²) in [7, 11) is 8.05. The van der Waals surface area contributed by atoms with E-state index in [1.165, 1.54) is 25.5 Å². The molecule has 3 aromatic rings. The molecule has 1 aromatic heterocycles. The minimum absolute atomic E-state index is 0.0330. The molecule has 1 unspecified atom stereocenters. The standard InChI is InChI=1S/C84H131N13O19S/c1-16-18-25-62(88-79(105)71(54(3)4)90-67(99)34-43-112-45-47-114-49-50-115-48-46-113-44-35-85-66(98)33-38-97-68(100)31-32-69(97)101)78(104)87-61-29-27-60(28-30-61)76(83(108)95-41-39-92(11)40-42-95)116-84(109)94(13)73(56(7)8)80(106)91-72(55(5)6)82(107)93(12)74(57(9)17-2)65(110-14)53-70(102)96-37-22-26-64(96)75(111-15)58(10)77(103)89-63(81-86-36-51-117-81)52-59-23-20-19-21-24-59/h19-21,23-24,27-30,36,51,54-58,62-65,71-76H,16-18,22,25-26,31-35,37-50,52-53H2,1-15H3,(H,85,98)(H,87,104)(H,88,105)(H,89,103)(H,90,99)(H,91,106)/t57-,58+,62-,63-,64-,65+,71-,72-,73-,74-,75+,76?/m0/s1. The van der Waals surface area contributed by atoms with Gasteiger partial charge in [-0.1, -0.05) is 131 Å². The van der Waals surface area contributed by atoms with Crippen molar-refractivity contribution in [3.63, 3.8) is 0 Å². The lowest BCUT2D eigenvalue weighted by Gasteiger charge is -2.41. The number of thiazole rings is 1. The number of anilines is 1. The molecule has 6 N–H and O–H groups in total. The number of methoxy groups -OCH3 is 2. The summed E-state index contributed by atoms with van der Waals surface area (Å²) < 4.78 is 40.6. The van der Waals surface area contributed by atoms with E-state index in [0.29, 0.717) is 103 Å². The van der Waals surface area contributed by atoms with E-state index in [4.69, 9.17) is 33.2 Å². The van der Waals surface area contributed by atoms with Gasteiger partial charge in [-0.2, -0.15) is 0 Å². The molecule has 2 aromatic carbocycles. The second kappa shape index (κ2) is 50.4. The number of benzene rings is 2. The highest BCUT2D eigenvalue weighted by atomic mass is 32.1. The number of aromatic nitrogens is 1. The zero-order valence-corrected chi connectivity index (χ0v) is 72.2. The average molecular weight is 1660 g/mol. The summed E-state index contributed by atoms with van der Waals surface area (Å²) in [6.07, 6.45) is 2.02. The van der Waals surface area contributed by atoms with Crippen LogP contribution in [0.4, 0.5) is 10.5 Å². The van der Waals surface area contributed by atoms with Crippen LogP contribution in [0.1, 0.15) is 168 Å². The molecule has 0 spiro atoms. The molecule has 117 heavy (non-hydrogen) atoms. The van der Waals surface area contributed by atoms with Gasteiger partial charge in [-0.15, -0.1) is 11.3 Å². The van der Waals surface area contributed by atoms with Crippen LogP contribution in [0.15, 0.2) is 66.2 Å². The van der Waals surface area contributed by atoms with Gasteiger partial charge in [0.25, 0.3) is 5.91 Å². The first kappa shape index (κ1) is 97.3. The average Bonchev–Trinajstić information content (AvgIpc) is 1.72. The number of rotatable bonds is 51. The molecule has 12 amide bonds. The number of carbonyl (C=O) groups is 12. The lowest BCUT2D eigenvalue weighted by Crippen LogP contribution is -2.60. The first-order valence-corrected chi connectivity index (χ1v) is 42.3.